The quantitative estimate of drug-likeness (QED) is 0.247. The van der Waals surface area contributed by atoms with Gasteiger partial charge in [-0.05, 0) is 213 Å². The molecule has 5 atom stereocenters. The summed E-state index contributed by atoms with van der Waals surface area (Å²) in [5.41, 5.74) is -7.35. The lowest BCUT2D eigenvalue weighted by atomic mass is 9.57. The van der Waals surface area contributed by atoms with Crippen molar-refractivity contribution in [1.29, 1.82) is 0 Å². The van der Waals surface area contributed by atoms with Crippen molar-refractivity contribution in [3.8, 4) is 0 Å². The molecule has 0 aromatic rings. The Morgan fingerprint density at radius 1 is 0.368 bits per heavy atom. The molecule has 8 aliphatic rings. The maximum atomic E-state index is 13.0. The topological polar surface area (TPSA) is 0 Å². The molecule has 0 aliphatic heterocycles. The molecule has 0 amide bonds. The lowest BCUT2D eigenvalue weighted by Crippen LogP contribution is -2.55. The van der Waals surface area contributed by atoms with Gasteiger partial charge in [0.25, 0.3) is 0 Å². The molecule has 0 saturated heterocycles. The van der Waals surface area contributed by atoms with Crippen LogP contribution in [0.25, 0.3) is 0 Å². The molecule has 2 unspecified atom stereocenters. The van der Waals surface area contributed by atoms with E-state index in [0.717, 1.165) is 74.5 Å². The van der Waals surface area contributed by atoms with Gasteiger partial charge in [-0.15, -0.1) is 0 Å². The van der Waals surface area contributed by atoms with Crippen LogP contribution in [0.15, 0.2) is 0 Å². The average molecular weight is 1580 g/mol. The van der Waals surface area contributed by atoms with E-state index in [1.807, 2.05) is 6.92 Å². The highest BCUT2D eigenvalue weighted by Gasteiger charge is 2.74. The molecule has 8 rings (SSSR count). The summed E-state index contributed by atoms with van der Waals surface area (Å²) in [5, 5.41) is 0. The Kier molecular flexibility index (Phi) is 43.8. The fourth-order valence-electron chi connectivity index (χ4n) is 15.3. The molecule has 0 N–H and O–H groups in total. The number of hydrogen-bond donors (Lipinski definition) is 0. The van der Waals surface area contributed by atoms with Crippen LogP contribution in [0.4, 0.5) is 92.2 Å². The molecule has 21 heteroatoms. The van der Waals surface area contributed by atoms with Crippen molar-refractivity contribution >= 4 is 0 Å². The Morgan fingerprint density at radius 2 is 0.717 bits per heavy atom. The van der Waals surface area contributed by atoms with Crippen molar-refractivity contribution in [2.24, 2.45) is 113 Å². The van der Waals surface area contributed by atoms with Gasteiger partial charge < -0.3 is 0 Å². The minimum atomic E-state index is -5.20. The van der Waals surface area contributed by atoms with Crippen molar-refractivity contribution in [2.45, 2.75) is 430 Å². The van der Waals surface area contributed by atoms with Gasteiger partial charge in [-0.1, -0.05) is 265 Å². The van der Waals surface area contributed by atoms with Crippen LogP contribution in [0.2, 0.25) is 0 Å². The van der Waals surface area contributed by atoms with Crippen molar-refractivity contribution in [2.75, 3.05) is 0 Å². The van der Waals surface area contributed by atoms with Gasteiger partial charge in [0.15, 0.2) is 16.2 Å². The highest BCUT2D eigenvalue weighted by Crippen LogP contribution is 2.65. The average Bonchev–Trinajstić information content (AvgIpc) is 0.727. The number of rotatable bonds is 3. The summed E-state index contributed by atoms with van der Waals surface area (Å²) >= 11 is 0. The van der Waals surface area contributed by atoms with Crippen molar-refractivity contribution in [1.82, 2.24) is 0 Å². The second-order valence-corrected chi connectivity index (χ2v) is 40.4. The highest BCUT2D eigenvalue weighted by molar-refractivity contribution is 5.03. The summed E-state index contributed by atoms with van der Waals surface area (Å²) in [6, 6.07) is 0. The van der Waals surface area contributed by atoms with Gasteiger partial charge in [0, 0.05) is 0 Å². The number of alkyl halides is 21. The van der Waals surface area contributed by atoms with Crippen LogP contribution in [0.3, 0.4) is 0 Å². The molecule has 8 saturated carbocycles. The molecule has 0 heterocycles. The van der Waals surface area contributed by atoms with E-state index in [1.165, 1.54) is 64.2 Å². The van der Waals surface area contributed by atoms with Gasteiger partial charge in [0.1, 0.15) is 0 Å². The molecule has 8 aliphatic carbocycles. The van der Waals surface area contributed by atoms with Gasteiger partial charge in [-0.25, -0.2) is 0 Å². The third-order valence-electron chi connectivity index (χ3n) is 25.4. The van der Waals surface area contributed by atoms with Crippen LogP contribution in [0.5, 0.6) is 0 Å². The number of hydrogen-bond acceptors (Lipinski definition) is 0. The molecule has 1 spiro atoms. The summed E-state index contributed by atoms with van der Waals surface area (Å²) in [7, 11) is 0. The monoisotopic (exact) mass is 1580 g/mol. The van der Waals surface area contributed by atoms with E-state index in [-0.39, 0.29) is 61.7 Å². The summed E-state index contributed by atoms with van der Waals surface area (Å²) in [6.45, 7) is 62.9. The zero-order chi connectivity index (χ0) is 84.8. The molecule has 642 valence electrons. The molecule has 2 bridgehead atoms. The predicted molar refractivity (Wildman–Crippen MR) is 400 cm³/mol. The van der Waals surface area contributed by atoms with Crippen LogP contribution in [-0.4, -0.2) is 43.2 Å². The summed E-state index contributed by atoms with van der Waals surface area (Å²) < 4.78 is 266. The maximum absolute atomic E-state index is 13.0. The number of halogens is 21. The van der Waals surface area contributed by atoms with Gasteiger partial charge in [-0.2, -0.15) is 92.2 Å². The Balaban J connectivity index is -0.00000114. The first kappa shape index (κ1) is 109. The highest BCUT2D eigenvalue weighted by atomic mass is 19.4. The van der Waals surface area contributed by atoms with Crippen molar-refractivity contribution < 1.29 is 92.2 Å². The fourth-order valence-corrected chi connectivity index (χ4v) is 15.3. The van der Waals surface area contributed by atoms with Crippen molar-refractivity contribution in [3.63, 3.8) is 0 Å². The third-order valence-corrected chi connectivity index (χ3v) is 25.4. The second-order valence-electron chi connectivity index (χ2n) is 40.4. The van der Waals surface area contributed by atoms with Crippen LogP contribution in [0.1, 0.15) is 387 Å². The second kappa shape index (κ2) is 42.8. The third kappa shape index (κ3) is 36.8. The largest absolute Gasteiger partial charge is 0.403 e. The smallest absolute Gasteiger partial charge is 0.171 e. The molecular weight excluding hydrogens is 1420 g/mol. The van der Waals surface area contributed by atoms with E-state index in [2.05, 4.69) is 173 Å². The molecule has 0 radical (unpaired) electrons. The molecule has 8 fully saturated rings. The van der Waals surface area contributed by atoms with Crippen molar-refractivity contribution in [3.05, 3.63) is 0 Å². The van der Waals surface area contributed by atoms with E-state index in [1.54, 1.807) is 13.8 Å². The van der Waals surface area contributed by atoms with Crippen LogP contribution >= 0.6 is 0 Å². The maximum Gasteiger partial charge on any atom is 0.403 e. The van der Waals surface area contributed by atoms with E-state index in [0.29, 0.717) is 45.8 Å². The van der Waals surface area contributed by atoms with E-state index in [9.17, 15) is 92.2 Å². The van der Waals surface area contributed by atoms with Gasteiger partial charge in [-0.3, -0.25) is 0 Å². The Hall–Kier alpha value is -1.47. The normalized spacial score (nSPS) is 25.9. The first-order valence-electron chi connectivity index (χ1n) is 40.4. The fraction of sp³-hybridized carbons (Fsp3) is 1.00. The lowest BCUT2D eigenvalue weighted by Gasteiger charge is -2.49. The first-order chi connectivity index (χ1) is 47.0. The van der Waals surface area contributed by atoms with Crippen LogP contribution in [0, 0.1) is 113 Å². The first-order valence-corrected chi connectivity index (χ1v) is 40.4. The molecule has 0 aromatic heterocycles. The Bertz CT molecular complexity index is 2220. The standard InChI is InChI=1S/C14H20F6.C10H18.2C9H12F6.C9H15F3.C9H20.2C7H16.C6H14.C5H12/c1-10-2-4-11(5-3-10)6-8-12(9-7-11,13(15,16)17)14(18,19)20;1-8-7-9-3-5-10(8,2)6-4-9;1-6-2-4-7(5-3-6,8(10,11)12)9(13,14)15;1-6-4-2-3-5-7(6,8(10,11)12)9(13,14)15;1-6-4-3-5-8(7(6)2)9(10,11)12;1-6-8(7-2)9(3,4)5;1-6(2)7(3,4)5;1-5-6-7(2,3)4;1-5-6(2,3)4;1-5(2,3)4/h10H,2-9H2,1H3;8-9H,3-7H2,1-2H3;2*6H,2-5H2,1H3;6-8H,3-5H2,1-2H3;8H,6-7H2,1-5H3;6H,1-5H3;5-6H2,1-4H3;5H2,1-4H3;1-4H3/t;8-,9?,10?;;6-;6?,7-,8?;;;;;/m.0.11...../s1. The summed E-state index contributed by atoms with van der Waals surface area (Å²) in [4.78, 5) is 0. The molecular formula is C85H155F21. The zero-order valence-electron chi connectivity index (χ0n) is 71.7. The van der Waals surface area contributed by atoms with E-state index >= 15 is 0 Å². The van der Waals surface area contributed by atoms with Gasteiger partial charge >= 0.3 is 43.2 Å². The minimum absolute atomic E-state index is 0.0106. The zero-order valence-corrected chi connectivity index (χ0v) is 71.7. The summed E-state index contributed by atoms with van der Waals surface area (Å²) in [5.74, 6) is 1.90. The molecule has 0 nitrogen and oxygen atoms in total. The SMILES string of the molecule is CC(C)(C)C.CC(C)C(C)(C)C.CC1CCC(C(F)(F)F)(C(F)(F)F)CC1.CC1CCC2(CC1)CCC(C(F)(F)F)(C(F)(F)F)CC2.CC1CCCC(C(F)(F)F)[C@@H]1C.CCC(C)(C)C.CCC(CC)C(C)(C)C.CCCC(C)(C)C.C[C@@H]1CCCCC1(C(F)(F)F)C(F)(F)F.C[C@H]1CC2CCC1(C)CC2. The molecule has 106 heavy (non-hydrogen) atoms. The van der Waals surface area contributed by atoms with Gasteiger partial charge in [0.2, 0.25) is 0 Å². The Labute approximate surface area is 633 Å². The number of fused-ring (bicyclic) bond motifs is 3. The van der Waals surface area contributed by atoms with Crippen LogP contribution < -0.4 is 0 Å². The van der Waals surface area contributed by atoms with E-state index in [4.69, 9.17) is 0 Å². The minimum Gasteiger partial charge on any atom is -0.171 e. The van der Waals surface area contributed by atoms with E-state index < -0.39 is 103 Å². The Morgan fingerprint density at radius 3 is 0.925 bits per heavy atom. The summed E-state index contributed by atoms with van der Waals surface area (Å²) in [6.07, 6.45) is -19.2. The lowest BCUT2D eigenvalue weighted by molar-refractivity contribution is -0.364. The molecule has 0 aromatic carbocycles. The predicted octanol–water partition coefficient (Wildman–Crippen LogP) is 34.8. The van der Waals surface area contributed by atoms with Crippen LogP contribution in [-0.2, 0) is 0 Å². The van der Waals surface area contributed by atoms with Gasteiger partial charge in [0.05, 0.1) is 5.92 Å².